The Bertz CT molecular complexity index is 200. The molecule has 1 aromatic carbocycles. The first-order chi connectivity index (χ1) is 3.93. The van der Waals surface area contributed by atoms with Crippen molar-refractivity contribution in [1.82, 2.24) is 0 Å². The van der Waals surface area contributed by atoms with E-state index in [0.29, 0.717) is 5.56 Å². The van der Waals surface area contributed by atoms with Gasteiger partial charge in [-0.25, -0.2) is 0 Å². The van der Waals surface area contributed by atoms with Crippen LogP contribution in [0, 0.1) is 17.4 Å². The van der Waals surface area contributed by atoms with Crippen molar-refractivity contribution in [1.29, 1.82) is 5.26 Å². The maximum atomic E-state index is 8.27. The minimum Gasteiger partial charge on any atom is -0.412 e. The summed E-state index contributed by atoms with van der Waals surface area (Å²) < 4.78 is 0. The number of rotatable bonds is 0. The molecule has 0 heterocycles. The lowest BCUT2D eigenvalue weighted by Crippen LogP contribution is -1.66. The van der Waals surface area contributed by atoms with Crippen LogP contribution in [0.15, 0.2) is 24.3 Å². The van der Waals surface area contributed by atoms with E-state index in [1.54, 1.807) is 24.3 Å². The molecule has 9 heavy (non-hydrogen) atoms. The molecule has 1 aromatic rings. The van der Waals surface area contributed by atoms with Gasteiger partial charge in [0.05, 0.1) is 11.6 Å². The summed E-state index contributed by atoms with van der Waals surface area (Å²) >= 11 is 0. The van der Waals surface area contributed by atoms with Gasteiger partial charge in [0.15, 0.2) is 0 Å². The van der Waals surface area contributed by atoms with Crippen molar-refractivity contribution in [3.05, 3.63) is 35.9 Å². The van der Waals surface area contributed by atoms with Crippen LogP contribution < -0.4 is 0 Å². The van der Waals surface area contributed by atoms with Gasteiger partial charge in [-0.05, 0) is 18.2 Å². The molecule has 0 aliphatic carbocycles. The second-order valence-electron chi connectivity index (χ2n) is 1.40. The average molecular weight is 120 g/mol. The van der Waals surface area contributed by atoms with E-state index in [1.807, 2.05) is 6.07 Å². The van der Waals surface area contributed by atoms with Crippen molar-refractivity contribution in [2.24, 2.45) is 0 Å². The summed E-state index contributed by atoms with van der Waals surface area (Å²) in [6.45, 7) is 0. The fourth-order valence-electron chi connectivity index (χ4n) is 0.461. The summed E-state index contributed by atoms with van der Waals surface area (Å²) in [4.78, 5) is 0. The Morgan fingerprint density at radius 2 is 1.89 bits per heavy atom. The molecule has 0 spiro atoms. The van der Waals surface area contributed by atoms with Crippen LogP contribution in [0.4, 0.5) is 0 Å². The van der Waals surface area contributed by atoms with Crippen molar-refractivity contribution < 1.29 is 5.48 Å². The highest BCUT2D eigenvalue weighted by Crippen LogP contribution is 1.92. The molecule has 1 rings (SSSR count). The molecule has 2 heteroatoms. The molecule has 0 fully saturated rings. The monoisotopic (exact) mass is 120 g/mol. The second kappa shape index (κ2) is 3.65. The molecule has 0 aliphatic rings. The normalized spacial score (nSPS) is 7.00. The van der Waals surface area contributed by atoms with Crippen LogP contribution >= 0.6 is 0 Å². The van der Waals surface area contributed by atoms with Gasteiger partial charge in [0.2, 0.25) is 0 Å². The summed E-state index contributed by atoms with van der Waals surface area (Å²) in [6, 6.07) is 11.7. The van der Waals surface area contributed by atoms with E-state index in [-0.39, 0.29) is 5.48 Å². The molecule has 0 aromatic heterocycles. The highest BCUT2D eigenvalue weighted by atomic mass is 16.0. The third kappa shape index (κ3) is 1.94. The average Bonchev–Trinajstić information content (AvgIpc) is 1.90. The zero-order valence-electron chi connectivity index (χ0n) is 4.76. The van der Waals surface area contributed by atoms with Gasteiger partial charge in [-0.1, -0.05) is 12.1 Å². The van der Waals surface area contributed by atoms with E-state index in [4.69, 9.17) is 5.26 Å². The number of hydrogen-bond donors (Lipinski definition) is 0. The first kappa shape index (κ1) is 7.67. The van der Waals surface area contributed by atoms with Crippen LogP contribution in [0.1, 0.15) is 5.56 Å². The van der Waals surface area contributed by atoms with Crippen LogP contribution in [0.5, 0.6) is 0 Å². The molecule has 0 saturated heterocycles. The largest absolute Gasteiger partial charge is 0.412 e. The van der Waals surface area contributed by atoms with Gasteiger partial charge in [-0.3, -0.25) is 0 Å². The highest BCUT2D eigenvalue weighted by molar-refractivity contribution is 5.26. The van der Waals surface area contributed by atoms with Crippen LogP contribution in [-0.4, -0.2) is 5.48 Å². The Balaban J connectivity index is 0.000000640. The predicted molar refractivity (Wildman–Crippen MR) is 33.6 cm³/mol. The zero-order valence-corrected chi connectivity index (χ0v) is 4.76. The number of benzene rings is 1. The fraction of sp³-hybridized carbons (Fsp3) is 0. The molecule has 2 N–H and O–H groups in total. The van der Waals surface area contributed by atoms with Crippen molar-refractivity contribution in [2.75, 3.05) is 0 Å². The molecular formula is C7H6NO. The van der Waals surface area contributed by atoms with E-state index < -0.39 is 0 Å². The Morgan fingerprint density at radius 1 is 1.33 bits per heavy atom. The van der Waals surface area contributed by atoms with Crippen molar-refractivity contribution >= 4 is 0 Å². The topological polar surface area (TPSA) is 55.3 Å². The molecule has 45 valence electrons. The van der Waals surface area contributed by atoms with E-state index in [9.17, 15) is 0 Å². The standard InChI is InChI=1S/C7H4N.H2O/c8-6-7-4-2-1-3-5-7;/h2-5H;1H2. The smallest absolute Gasteiger partial charge is 0.0991 e. The predicted octanol–water partition coefficient (Wildman–Crippen LogP) is 0.534. The molecule has 0 atom stereocenters. The third-order valence-corrected chi connectivity index (χ3v) is 0.847. The lowest BCUT2D eigenvalue weighted by molar-refractivity contribution is 0.824. The lowest BCUT2D eigenvalue weighted by Gasteiger charge is -1.79. The van der Waals surface area contributed by atoms with Gasteiger partial charge in [0, 0.05) is 0 Å². The summed E-state index contributed by atoms with van der Waals surface area (Å²) in [7, 11) is 0. The van der Waals surface area contributed by atoms with Crippen LogP contribution in [0.25, 0.3) is 0 Å². The zero-order chi connectivity index (χ0) is 5.82. The summed E-state index contributed by atoms with van der Waals surface area (Å²) in [5.74, 6) is 0. The highest BCUT2D eigenvalue weighted by Gasteiger charge is 1.79. The molecule has 0 amide bonds. The Hall–Kier alpha value is -1.33. The van der Waals surface area contributed by atoms with Crippen LogP contribution in [0.2, 0.25) is 0 Å². The summed E-state index contributed by atoms with van der Waals surface area (Å²) in [5, 5.41) is 8.27. The Morgan fingerprint density at radius 3 is 2.22 bits per heavy atom. The van der Waals surface area contributed by atoms with Gasteiger partial charge in [-0.15, -0.1) is 0 Å². The maximum Gasteiger partial charge on any atom is 0.0991 e. The Labute approximate surface area is 53.7 Å². The molecule has 0 unspecified atom stereocenters. The van der Waals surface area contributed by atoms with Crippen LogP contribution in [-0.2, 0) is 0 Å². The minimum absolute atomic E-state index is 0. The summed E-state index contributed by atoms with van der Waals surface area (Å²) in [5.41, 5.74) is 0.684. The molecular weight excluding hydrogens is 114 g/mol. The number of hydrogen-bond acceptors (Lipinski definition) is 1. The van der Waals surface area contributed by atoms with E-state index in [0.717, 1.165) is 0 Å². The van der Waals surface area contributed by atoms with E-state index in [1.165, 1.54) is 0 Å². The maximum absolute atomic E-state index is 8.27. The van der Waals surface area contributed by atoms with Gasteiger partial charge >= 0.3 is 0 Å². The third-order valence-electron chi connectivity index (χ3n) is 0.847. The minimum atomic E-state index is 0. The lowest BCUT2D eigenvalue weighted by atomic mass is 10.2. The molecule has 0 saturated carbocycles. The van der Waals surface area contributed by atoms with Crippen molar-refractivity contribution in [2.45, 2.75) is 0 Å². The van der Waals surface area contributed by atoms with Crippen molar-refractivity contribution in [3.8, 4) is 6.07 Å². The molecule has 2 nitrogen and oxygen atoms in total. The second-order valence-corrected chi connectivity index (χ2v) is 1.40. The molecule has 0 aliphatic heterocycles. The number of nitrogens with zero attached hydrogens (tertiary/aromatic N) is 1. The van der Waals surface area contributed by atoms with Gasteiger partial charge in [0.1, 0.15) is 0 Å². The van der Waals surface area contributed by atoms with E-state index >= 15 is 0 Å². The van der Waals surface area contributed by atoms with Gasteiger partial charge in [-0.2, -0.15) is 5.26 Å². The molecule has 1 radical (unpaired) electrons. The first-order valence-electron chi connectivity index (χ1n) is 2.29. The SMILES string of the molecule is N#Cc1cc[c]cc1.O. The number of nitriles is 1. The quantitative estimate of drug-likeness (QED) is 0.492. The first-order valence-corrected chi connectivity index (χ1v) is 2.29. The van der Waals surface area contributed by atoms with Gasteiger partial charge < -0.3 is 5.48 Å². The Kier molecular flexibility index (Phi) is 3.11. The van der Waals surface area contributed by atoms with Crippen LogP contribution in [0.3, 0.4) is 0 Å². The van der Waals surface area contributed by atoms with E-state index in [2.05, 4.69) is 6.07 Å². The van der Waals surface area contributed by atoms with Crippen molar-refractivity contribution in [3.63, 3.8) is 0 Å². The van der Waals surface area contributed by atoms with Gasteiger partial charge in [0.25, 0.3) is 0 Å². The molecule has 0 bridgehead atoms. The summed E-state index contributed by atoms with van der Waals surface area (Å²) in [6.07, 6.45) is 0. The fourth-order valence-corrected chi connectivity index (χ4v) is 0.461.